The molecule has 0 bridgehead atoms. The van der Waals surface area contributed by atoms with E-state index in [-0.39, 0.29) is 11.5 Å². The van der Waals surface area contributed by atoms with Gasteiger partial charge in [-0.05, 0) is 31.2 Å². The van der Waals surface area contributed by atoms with Crippen LogP contribution in [0.3, 0.4) is 0 Å². The number of benzene rings is 1. The minimum absolute atomic E-state index is 0.0174. The van der Waals surface area contributed by atoms with Crippen LogP contribution in [0.2, 0.25) is 0 Å². The lowest BCUT2D eigenvalue weighted by atomic mass is 10.1. The van der Waals surface area contributed by atoms with E-state index in [2.05, 4.69) is 20.0 Å². The summed E-state index contributed by atoms with van der Waals surface area (Å²) in [5.74, 6) is 0.0174. The number of piperazine rings is 1. The second-order valence-electron chi connectivity index (χ2n) is 6.93. The summed E-state index contributed by atoms with van der Waals surface area (Å²) in [4.78, 5) is 37.3. The van der Waals surface area contributed by atoms with Crippen LogP contribution >= 0.6 is 0 Å². The first-order valence-electron chi connectivity index (χ1n) is 9.37. The lowest BCUT2D eigenvalue weighted by Gasteiger charge is -2.34. The molecule has 1 aliphatic rings. The Morgan fingerprint density at radius 1 is 0.964 bits per heavy atom. The summed E-state index contributed by atoms with van der Waals surface area (Å²) in [6.07, 6.45) is 3.27. The summed E-state index contributed by atoms with van der Waals surface area (Å²) < 4.78 is 1.50. The molecule has 28 heavy (non-hydrogen) atoms. The van der Waals surface area contributed by atoms with Crippen LogP contribution in [-0.2, 0) is 6.54 Å². The number of fused-ring (bicyclic) bond motifs is 1. The summed E-state index contributed by atoms with van der Waals surface area (Å²) in [5.41, 5.74) is 2.89. The van der Waals surface area contributed by atoms with Crippen molar-refractivity contribution in [2.75, 3.05) is 32.7 Å². The second-order valence-corrected chi connectivity index (χ2v) is 6.93. The van der Waals surface area contributed by atoms with Gasteiger partial charge in [0, 0.05) is 56.7 Å². The zero-order valence-electron chi connectivity index (χ0n) is 15.8. The minimum Gasteiger partial charge on any atom is -0.336 e. The van der Waals surface area contributed by atoms with Gasteiger partial charge in [0.1, 0.15) is 0 Å². The van der Waals surface area contributed by atoms with Gasteiger partial charge >= 0.3 is 0 Å². The molecule has 0 unspecified atom stereocenters. The fourth-order valence-corrected chi connectivity index (χ4v) is 3.40. The third-order valence-corrected chi connectivity index (χ3v) is 5.00. The quantitative estimate of drug-likeness (QED) is 0.672. The van der Waals surface area contributed by atoms with Crippen LogP contribution in [0.5, 0.6) is 0 Å². The van der Waals surface area contributed by atoms with Crippen molar-refractivity contribution in [1.82, 2.24) is 29.5 Å². The van der Waals surface area contributed by atoms with Crippen molar-refractivity contribution in [3.8, 4) is 0 Å². The van der Waals surface area contributed by atoms with Crippen LogP contribution in [0.25, 0.3) is 11.0 Å². The number of rotatable bonds is 4. The zero-order chi connectivity index (χ0) is 19.5. The molecule has 0 saturated carbocycles. The molecule has 1 saturated heterocycles. The van der Waals surface area contributed by atoms with E-state index in [9.17, 15) is 9.59 Å². The van der Waals surface area contributed by atoms with Gasteiger partial charge in [-0.15, -0.1) is 0 Å². The van der Waals surface area contributed by atoms with Crippen molar-refractivity contribution < 1.29 is 4.79 Å². The Labute approximate surface area is 162 Å². The number of amides is 1. The molecule has 0 radical (unpaired) electrons. The van der Waals surface area contributed by atoms with E-state index in [4.69, 9.17) is 0 Å². The Bertz CT molecular complexity index is 1060. The lowest BCUT2D eigenvalue weighted by molar-refractivity contribution is 0.0631. The molecule has 144 valence electrons. The average molecular weight is 378 g/mol. The SMILES string of the molecule is Cc1ccc(=O)n(CCN2CCN(C(=O)c3ccc4nccnc4c3)CC2)n1. The highest BCUT2D eigenvalue weighted by Crippen LogP contribution is 2.14. The van der Waals surface area contributed by atoms with Crippen LogP contribution in [0, 0.1) is 6.92 Å². The summed E-state index contributed by atoms with van der Waals surface area (Å²) >= 11 is 0. The molecule has 1 amide bonds. The molecule has 3 heterocycles. The largest absolute Gasteiger partial charge is 0.336 e. The fourth-order valence-electron chi connectivity index (χ4n) is 3.40. The standard InChI is InChI=1S/C20H22N6O2/c1-15-2-5-19(27)26(23-15)13-10-24-8-11-25(12-9-24)20(28)16-3-4-17-18(14-16)22-7-6-21-17/h2-7,14H,8-13H2,1H3. The van der Waals surface area contributed by atoms with Gasteiger partial charge in [0.2, 0.25) is 0 Å². The Morgan fingerprint density at radius 3 is 2.50 bits per heavy atom. The highest BCUT2D eigenvalue weighted by Gasteiger charge is 2.22. The molecule has 0 aliphatic carbocycles. The van der Waals surface area contributed by atoms with Crippen LogP contribution in [0.4, 0.5) is 0 Å². The number of hydrogen-bond acceptors (Lipinski definition) is 6. The lowest BCUT2D eigenvalue weighted by Crippen LogP contribution is -2.49. The van der Waals surface area contributed by atoms with Gasteiger partial charge in [-0.1, -0.05) is 0 Å². The van der Waals surface area contributed by atoms with E-state index >= 15 is 0 Å². The fraction of sp³-hybridized carbons (Fsp3) is 0.350. The minimum atomic E-state index is -0.0844. The van der Waals surface area contributed by atoms with Crippen molar-refractivity contribution in [1.29, 1.82) is 0 Å². The maximum atomic E-state index is 12.8. The third kappa shape index (κ3) is 3.91. The van der Waals surface area contributed by atoms with Gasteiger partial charge in [-0.25, -0.2) is 4.68 Å². The molecule has 8 heteroatoms. The van der Waals surface area contributed by atoms with Crippen LogP contribution in [-0.4, -0.2) is 68.2 Å². The summed E-state index contributed by atoms with van der Waals surface area (Å²) in [6, 6.07) is 8.71. The van der Waals surface area contributed by atoms with E-state index in [1.54, 1.807) is 30.6 Å². The first-order chi connectivity index (χ1) is 13.6. The normalized spacial score (nSPS) is 15.1. The highest BCUT2D eigenvalue weighted by molar-refractivity contribution is 5.97. The van der Waals surface area contributed by atoms with Crippen LogP contribution < -0.4 is 5.56 Å². The second kappa shape index (κ2) is 7.85. The van der Waals surface area contributed by atoms with E-state index in [1.807, 2.05) is 24.0 Å². The van der Waals surface area contributed by atoms with Crippen LogP contribution in [0.1, 0.15) is 16.1 Å². The van der Waals surface area contributed by atoms with Gasteiger partial charge in [0.25, 0.3) is 11.5 Å². The molecule has 4 rings (SSSR count). The number of hydrogen-bond donors (Lipinski definition) is 0. The van der Waals surface area contributed by atoms with Crippen molar-refractivity contribution in [2.45, 2.75) is 13.5 Å². The molecule has 2 aromatic heterocycles. The first kappa shape index (κ1) is 18.2. The molecular weight excluding hydrogens is 356 g/mol. The molecule has 1 fully saturated rings. The molecule has 0 atom stereocenters. The van der Waals surface area contributed by atoms with Gasteiger partial charge in [0.05, 0.1) is 23.3 Å². The molecular formula is C20H22N6O2. The van der Waals surface area contributed by atoms with Gasteiger partial charge < -0.3 is 4.90 Å². The molecule has 1 aliphatic heterocycles. The Morgan fingerprint density at radius 2 is 1.71 bits per heavy atom. The van der Waals surface area contributed by atoms with Crippen molar-refractivity contribution in [2.24, 2.45) is 0 Å². The predicted octanol–water partition coefficient (Wildman–Crippen LogP) is 0.953. The van der Waals surface area contributed by atoms with E-state index in [0.29, 0.717) is 25.2 Å². The number of carbonyl (C=O) groups is 1. The first-order valence-corrected chi connectivity index (χ1v) is 9.37. The van der Waals surface area contributed by atoms with Crippen LogP contribution in [0.15, 0.2) is 47.5 Å². The predicted molar refractivity (Wildman–Crippen MR) is 105 cm³/mol. The highest BCUT2D eigenvalue weighted by atomic mass is 16.2. The van der Waals surface area contributed by atoms with E-state index in [1.165, 1.54) is 4.68 Å². The summed E-state index contributed by atoms with van der Waals surface area (Å²) in [6.45, 7) is 6.04. The number of aromatic nitrogens is 4. The number of carbonyl (C=O) groups excluding carboxylic acids is 1. The smallest absolute Gasteiger partial charge is 0.266 e. The summed E-state index contributed by atoms with van der Waals surface area (Å²) in [7, 11) is 0. The van der Waals surface area contributed by atoms with Crippen molar-refractivity contribution in [3.05, 3.63) is 64.3 Å². The third-order valence-electron chi connectivity index (χ3n) is 5.00. The molecule has 1 aromatic carbocycles. The van der Waals surface area contributed by atoms with Crippen molar-refractivity contribution in [3.63, 3.8) is 0 Å². The number of nitrogens with zero attached hydrogens (tertiary/aromatic N) is 6. The zero-order valence-corrected chi connectivity index (χ0v) is 15.8. The Hall–Kier alpha value is -3.13. The molecule has 3 aromatic rings. The molecule has 8 nitrogen and oxygen atoms in total. The van der Waals surface area contributed by atoms with Crippen molar-refractivity contribution >= 4 is 16.9 Å². The van der Waals surface area contributed by atoms with E-state index in [0.717, 1.165) is 36.4 Å². The van der Waals surface area contributed by atoms with Gasteiger partial charge in [0.15, 0.2) is 0 Å². The monoisotopic (exact) mass is 378 g/mol. The number of aryl methyl sites for hydroxylation is 1. The van der Waals surface area contributed by atoms with Gasteiger partial charge in [-0.2, -0.15) is 5.10 Å². The topological polar surface area (TPSA) is 84.2 Å². The Balaban J connectivity index is 1.34. The van der Waals surface area contributed by atoms with E-state index < -0.39 is 0 Å². The van der Waals surface area contributed by atoms with Gasteiger partial charge in [-0.3, -0.25) is 24.5 Å². The maximum Gasteiger partial charge on any atom is 0.266 e. The molecule has 0 spiro atoms. The average Bonchev–Trinajstić information content (AvgIpc) is 2.74. The maximum absolute atomic E-state index is 12.8. The Kier molecular flexibility index (Phi) is 5.12. The summed E-state index contributed by atoms with van der Waals surface area (Å²) in [5, 5.41) is 4.27. The molecule has 0 N–H and O–H groups in total.